The van der Waals surface area contributed by atoms with E-state index in [0.29, 0.717) is 27.6 Å². The fraction of sp³-hybridized carbons (Fsp3) is 0.0417. The van der Waals surface area contributed by atoms with E-state index < -0.39 is 5.82 Å². The lowest BCUT2D eigenvalue weighted by molar-refractivity contribution is 0.630. The molecule has 6 nitrogen and oxygen atoms in total. The molecule has 3 aromatic carbocycles. The van der Waals surface area contributed by atoms with Crippen LogP contribution in [-0.4, -0.2) is 24.7 Å². The summed E-state index contributed by atoms with van der Waals surface area (Å²) in [7, 11) is 1.85. The van der Waals surface area contributed by atoms with Crippen molar-refractivity contribution in [1.29, 1.82) is 0 Å². The molecule has 0 radical (unpaired) electrons. The van der Waals surface area contributed by atoms with Gasteiger partial charge in [-0.2, -0.15) is 5.10 Å². The van der Waals surface area contributed by atoms with E-state index in [0.717, 1.165) is 21.9 Å². The second-order valence-corrected chi connectivity index (χ2v) is 8.07. The molecule has 0 amide bonds. The van der Waals surface area contributed by atoms with Gasteiger partial charge in [0.05, 0.1) is 33.2 Å². The van der Waals surface area contributed by atoms with Crippen LogP contribution in [0.3, 0.4) is 0 Å². The van der Waals surface area contributed by atoms with Gasteiger partial charge in [0.2, 0.25) is 0 Å². The molecule has 156 valence electrons. The summed E-state index contributed by atoms with van der Waals surface area (Å²) >= 11 is 6.28. The van der Waals surface area contributed by atoms with Gasteiger partial charge in [0, 0.05) is 35.8 Å². The summed E-state index contributed by atoms with van der Waals surface area (Å²) in [5, 5.41) is 7.28. The summed E-state index contributed by atoms with van der Waals surface area (Å²) < 4.78 is 16.3. The van der Waals surface area contributed by atoms with Gasteiger partial charge in [-0.15, -0.1) is 0 Å². The highest BCUT2D eigenvalue weighted by Gasteiger charge is 2.19. The van der Waals surface area contributed by atoms with Crippen molar-refractivity contribution in [2.45, 2.75) is 0 Å². The van der Waals surface area contributed by atoms with Crippen LogP contribution in [0.15, 0.2) is 65.8 Å². The standard InChI is InChI=1S/C24H15ClFN5O/c1-31-11-13(10-28-31)12-5-6-14-16(9-12)19-15(7-8-27-24(19)32)22-21(14)29-23(30-22)20-17(25)3-2-4-18(20)26/h2-11H,1H3,(H,27,32)(H,29,30). The summed E-state index contributed by atoms with van der Waals surface area (Å²) in [5.41, 5.74) is 3.16. The zero-order valence-electron chi connectivity index (χ0n) is 16.8. The van der Waals surface area contributed by atoms with Gasteiger partial charge in [0.15, 0.2) is 0 Å². The van der Waals surface area contributed by atoms with Gasteiger partial charge in [0.1, 0.15) is 11.6 Å². The Morgan fingerprint density at radius 3 is 2.72 bits per heavy atom. The molecule has 8 heteroatoms. The Bertz CT molecular complexity index is 1730. The second kappa shape index (κ2) is 6.77. The normalized spacial score (nSPS) is 11.7. The highest BCUT2D eigenvalue weighted by molar-refractivity contribution is 6.33. The highest BCUT2D eigenvalue weighted by Crippen LogP contribution is 2.37. The summed E-state index contributed by atoms with van der Waals surface area (Å²) in [6, 6.07) is 12.2. The third kappa shape index (κ3) is 2.68. The molecule has 0 atom stereocenters. The zero-order valence-corrected chi connectivity index (χ0v) is 17.5. The van der Waals surface area contributed by atoms with Gasteiger partial charge in [-0.05, 0) is 35.2 Å². The van der Waals surface area contributed by atoms with Crippen LogP contribution in [0.25, 0.3) is 55.1 Å². The Labute approximate surface area is 185 Å². The number of fused-ring (bicyclic) bond motifs is 6. The van der Waals surface area contributed by atoms with E-state index in [1.54, 1.807) is 29.2 Å². The maximum Gasteiger partial charge on any atom is 0.256 e. The Morgan fingerprint density at radius 2 is 1.94 bits per heavy atom. The number of halogens is 2. The lowest BCUT2D eigenvalue weighted by atomic mass is 9.98. The molecule has 0 spiro atoms. The van der Waals surface area contributed by atoms with Crippen molar-refractivity contribution in [2.75, 3.05) is 0 Å². The first-order valence-corrected chi connectivity index (χ1v) is 10.3. The van der Waals surface area contributed by atoms with Crippen molar-refractivity contribution in [1.82, 2.24) is 24.7 Å². The Hall–Kier alpha value is -3.97. The molecule has 3 aromatic heterocycles. The molecule has 0 aliphatic rings. The number of benzene rings is 3. The minimum absolute atomic E-state index is 0.198. The van der Waals surface area contributed by atoms with E-state index in [9.17, 15) is 9.18 Å². The lowest BCUT2D eigenvalue weighted by Crippen LogP contribution is -2.05. The first-order chi connectivity index (χ1) is 15.5. The van der Waals surface area contributed by atoms with E-state index in [2.05, 4.69) is 15.1 Å². The summed E-state index contributed by atoms with van der Waals surface area (Å²) in [6.45, 7) is 0. The number of hydrogen-bond donors (Lipinski definition) is 2. The maximum atomic E-state index is 14.6. The first-order valence-electron chi connectivity index (χ1n) is 9.91. The minimum Gasteiger partial charge on any atom is -0.337 e. The largest absolute Gasteiger partial charge is 0.337 e. The van der Waals surface area contributed by atoms with Crippen molar-refractivity contribution >= 4 is 44.2 Å². The molecular weight excluding hydrogens is 429 g/mol. The molecule has 0 aliphatic heterocycles. The van der Waals surface area contributed by atoms with Crippen LogP contribution in [0.5, 0.6) is 0 Å². The number of aromatic nitrogens is 5. The zero-order chi connectivity index (χ0) is 22.0. The average Bonchev–Trinajstić information content (AvgIpc) is 3.40. The summed E-state index contributed by atoms with van der Waals surface area (Å²) in [4.78, 5) is 23.6. The molecule has 2 N–H and O–H groups in total. The summed E-state index contributed by atoms with van der Waals surface area (Å²) in [5.74, 6) is -0.157. The number of nitrogens with one attached hydrogen (secondary N) is 2. The number of H-pyrrole nitrogens is 2. The van der Waals surface area contributed by atoms with Crippen molar-refractivity contribution in [2.24, 2.45) is 7.05 Å². The van der Waals surface area contributed by atoms with Crippen LogP contribution in [0, 0.1) is 5.82 Å². The maximum absolute atomic E-state index is 14.6. The predicted octanol–water partition coefficient (Wildman–Crippen LogP) is 5.42. The fourth-order valence-corrected chi connectivity index (χ4v) is 4.52. The number of imidazole rings is 1. The number of pyridine rings is 1. The molecular formula is C24H15ClFN5O. The molecule has 0 fully saturated rings. The van der Waals surface area contributed by atoms with Crippen LogP contribution in [0.4, 0.5) is 4.39 Å². The lowest BCUT2D eigenvalue weighted by Gasteiger charge is -2.07. The quantitative estimate of drug-likeness (QED) is 0.351. The monoisotopic (exact) mass is 443 g/mol. The number of nitrogens with zero attached hydrogens (tertiary/aromatic N) is 3. The Kier molecular flexibility index (Phi) is 3.97. The topological polar surface area (TPSA) is 79.4 Å². The number of hydrogen-bond acceptors (Lipinski definition) is 3. The number of rotatable bonds is 2. The molecule has 0 saturated carbocycles. The van der Waals surface area contributed by atoms with E-state index in [1.165, 1.54) is 6.07 Å². The average molecular weight is 444 g/mol. The number of aromatic amines is 2. The fourth-order valence-electron chi connectivity index (χ4n) is 4.27. The van der Waals surface area contributed by atoms with Crippen LogP contribution in [0.1, 0.15) is 0 Å². The molecule has 6 aromatic rings. The van der Waals surface area contributed by atoms with E-state index >= 15 is 0 Å². The van der Waals surface area contributed by atoms with Crippen LogP contribution < -0.4 is 5.56 Å². The molecule has 0 unspecified atom stereocenters. The van der Waals surface area contributed by atoms with Crippen molar-refractivity contribution in [3.05, 3.63) is 82.2 Å². The molecule has 0 aliphatic carbocycles. The van der Waals surface area contributed by atoms with Gasteiger partial charge < -0.3 is 9.97 Å². The van der Waals surface area contributed by atoms with Gasteiger partial charge >= 0.3 is 0 Å². The van der Waals surface area contributed by atoms with Gasteiger partial charge in [0.25, 0.3) is 5.56 Å². The van der Waals surface area contributed by atoms with Gasteiger partial charge in [-0.3, -0.25) is 9.48 Å². The van der Waals surface area contributed by atoms with Crippen molar-refractivity contribution < 1.29 is 4.39 Å². The van der Waals surface area contributed by atoms with Crippen LogP contribution >= 0.6 is 11.6 Å². The van der Waals surface area contributed by atoms with Crippen LogP contribution in [0.2, 0.25) is 5.02 Å². The Morgan fingerprint density at radius 1 is 1.06 bits per heavy atom. The highest BCUT2D eigenvalue weighted by atomic mass is 35.5. The first kappa shape index (κ1) is 18.8. The van der Waals surface area contributed by atoms with Crippen molar-refractivity contribution in [3.63, 3.8) is 0 Å². The second-order valence-electron chi connectivity index (χ2n) is 7.66. The summed E-state index contributed by atoms with van der Waals surface area (Å²) in [6.07, 6.45) is 5.29. The third-order valence-corrected chi connectivity index (χ3v) is 6.03. The Balaban J connectivity index is 1.75. The van der Waals surface area contributed by atoms with Gasteiger partial charge in [-0.25, -0.2) is 9.37 Å². The van der Waals surface area contributed by atoms with Gasteiger partial charge in [-0.1, -0.05) is 29.8 Å². The molecule has 6 rings (SSSR count). The van der Waals surface area contributed by atoms with E-state index in [-0.39, 0.29) is 16.1 Å². The molecule has 3 heterocycles. The molecule has 32 heavy (non-hydrogen) atoms. The molecule has 0 bridgehead atoms. The minimum atomic E-state index is -0.470. The van der Waals surface area contributed by atoms with E-state index in [4.69, 9.17) is 16.6 Å². The van der Waals surface area contributed by atoms with E-state index in [1.807, 2.05) is 37.5 Å². The number of aryl methyl sites for hydroxylation is 1. The molecule has 0 saturated heterocycles. The smallest absolute Gasteiger partial charge is 0.256 e. The predicted molar refractivity (Wildman–Crippen MR) is 124 cm³/mol. The SMILES string of the molecule is Cn1cc(-c2ccc3c(c2)c2c(=O)[nH]ccc2c2[nH]c(-c4c(F)cccc4Cl)nc32)cn1. The van der Waals surface area contributed by atoms with Crippen LogP contribution in [-0.2, 0) is 7.05 Å². The van der Waals surface area contributed by atoms with Crippen molar-refractivity contribution in [3.8, 4) is 22.5 Å². The third-order valence-electron chi connectivity index (χ3n) is 5.72.